The predicted molar refractivity (Wildman–Crippen MR) is 137 cm³/mol. The van der Waals surface area contributed by atoms with Gasteiger partial charge in [0.1, 0.15) is 11.6 Å². The Bertz CT molecular complexity index is 1150. The summed E-state index contributed by atoms with van der Waals surface area (Å²) in [6.45, 7) is 0.112. The van der Waals surface area contributed by atoms with Crippen molar-refractivity contribution in [1.29, 1.82) is 0 Å². The molecule has 2 bridgehead atoms. The fourth-order valence-corrected chi connectivity index (χ4v) is 6.11. The van der Waals surface area contributed by atoms with E-state index >= 15 is 0 Å². The van der Waals surface area contributed by atoms with Crippen LogP contribution in [0.1, 0.15) is 56.2 Å². The number of nitrogens with one attached hydrogen (secondary N) is 3. The lowest BCUT2D eigenvalue weighted by Gasteiger charge is -2.42. The van der Waals surface area contributed by atoms with Gasteiger partial charge in [-0.05, 0) is 68.1 Å². The summed E-state index contributed by atoms with van der Waals surface area (Å²) in [6, 6.07) is 13.6. The highest BCUT2D eigenvalue weighted by Crippen LogP contribution is 2.48. The Hall–Kier alpha value is -3.55. The Morgan fingerprint density at radius 3 is 2.38 bits per heavy atom. The number of nitrogens with zero attached hydrogens (tertiary/aromatic N) is 1. The minimum absolute atomic E-state index is 0.0249. The standard InChI is InChI=1S/C29H34N4O4/c34-25(27(36)31-18-22-9-4-5-14-30-22)24(17-19-7-2-1-3-8-19)32-28(37)29(12-6-13-29)33-26(35)23-16-20-10-11-21(23)15-20/h1-5,7-9,14,20-21,23-24H,6,10-13,15-18H2,(H,31,36)(H,32,37)(H,33,35)/t20?,21?,23?,24-/m1/s1. The highest BCUT2D eigenvalue weighted by molar-refractivity contribution is 6.38. The maximum absolute atomic E-state index is 13.5. The van der Waals surface area contributed by atoms with Crippen molar-refractivity contribution in [2.45, 2.75) is 69.5 Å². The molecule has 1 heterocycles. The number of amides is 3. The maximum atomic E-state index is 13.5. The second-order valence-corrected chi connectivity index (χ2v) is 10.8. The number of ketones is 1. The molecule has 3 N–H and O–H groups in total. The molecule has 3 aliphatic carbocycles. The van der Waals surface area contributed by atoms with Gasteiger partial charge in [-0.2, -0.15) is 0 Å². The smallest absolute Gasteiger partial charge is 0.289 e. The predicted octanol–water partition coefficient (Wildman–Crippen LogP) is 2.47. The minimum atomic E-state index is -1.05. The van der Waals surface area contributed by atoms with Crippen LogP contribution in [0.15, 0.2) is 54.7 Å². The van der Waals surface area contributed by atoms with Gasteiger partial charge in [0.25, 0.3) is 5.91 Å². The van der Waals surface area contributed by atoms with Crippen LogP contribution in [0, 0.1) is 17.8 Å². The summed E-state index contributed by atoms with van der Waals surface area (Å²) in [5.74, 6) is -0.904. The zero-order valence-corrected chi connectivity index (χ0v) is 20.9. The monoisotopic (exact) mass is 502 g/mol. The van der Waals surface area contributed by atoms with Crippen molar-refractivity contribution >= 4 is 23.5 Å². The van der Waals surface area contributed by atoms with Crippen LogP contribution in [-0.2, 0) is 32.1 Å². The van der Waals surface area contributed by atoms with E-state index in [0.717, 1.165) is 31.2 Å². The van der Waals surface area contributed by atoms with E-state index in [1.165, 1.54) is 6.42 Å². The largest absolute Gasteiger partial charge is 0.344 e. The van der Waals surface area contributed by atoms with Crippen LogP contribution in [0.3, 0.4) is 0 Å². The highest BCUT2D eigenvalue weighted by atomic mass is 16.2. The molecular weight excluding hydrogens is 468 g/mol. The van der Waals surface area contributed by atoms with Crippen molar-refractivity contribution in [3.05, 3.63) is 66.0 Å². The van der Waals surface area contributed by atoms with Gasteiger partial charge >= 0.3 is 0 Å². The molecule has 37 heavy (non-hydrogen) atoms. The lowest BCUT2D eigenvalue weighted by molar-refractivity contribution is -0.143. The number of fused-ring (bicyclic) bond motifs is 2. The molecular formula is C29H34N4O4. The zero-order chi connectivity index (χ0) is 25.8. The third-order valence-electron chi connectivity index (χ3n) is 8.36. The molecule has 0 radical (unpaired) electrons. The number of carbonyl (C=O) groups excluding carboxylic acids is 4. The Balaban J connectivity index is 1.27. The molecule has 1 aromatic heterocycles. The first-order chi connectivity index (χ1) is 17.9. The molecule has 0 saturated heterocycles. The Morgan fingerprint density at radius 1 is 0.973 bits per heavy atom. The molecule has 1 aromatic carbocycles. The fraction of sp³-hybridized carbons (Fsp3) is 0.483. The number of Topliss-reactive ketones (excluding diaryl/α,β-unsaturated/α-hetero) is 1. The molecule has 4 atom stereocenters. The van der Waals surface area contributed by atoms with Gasteiger partial charge in [-0.25, -0.2) is 0 Å². The molecule has 194 valence electrons. The van der Waals surface area contributed by atoms with Gasteiger partial charge < -0.3 is 16.0 Å². The topological polar surface area (TPSA) is 117 Å². The zero-order valence-electron chi connectivity index (χ0n) is 20.9. The second kappa shape index (κ2) is 10.8. The lowest BCUT2D eigenvalue weighted by atomic mass is 9.74. The van der Waals surface area contributed by atoms with Crippen molar-refractivity contribution < 1.29 is 19.2 Å². The molecule has 3 aliphatic rings. The SMILES string of the molecule is O=C(NCc1ccccn1)C(=O)[C@@H](Cc1ccccc1)NC(=O)C1(NC(=O)C2CC3CCC2C3)CCC1. The number of hydrogen-bond donors (Lipinski definition) is 3. The van der Waals surface area contributed by atoms with Gasteiger partial charge in [0.15, 0.2) is 0 Å². The van der Waals surface area contributed by atoms with Gasteiger partial charge in [-0.15, -0.1) is 0 Å². The quantitative estimate of drug-likeness (QED) is 0.432. The molecule has 8 heteroatoms. The van der Waals surface area contributed by atoms with E-state index in [0.29, 0.717) is 30.4 Å². The normalized spacial score (nSPS) is 23.9. The average Bonchev–Trinajstić information content (AvgIpc) is 3.54. The number of carbonyl (C=O) groups is 4. The van der Waals surface area contributed by atoms with E-state index in [1.54, 1.807) is 24.4 Å². The fourth-order valence-electron chi connectivity index (χ4n) is 6.11. The van der Waals surface area contributed by atoms with Crippen LogP contribution < -0.4 is 16.0 Å². The first kappa shape index (κ1) is 25.1. The molecule has 8 nitrogen and oxygen atoms in total. The van der Waals surface area contributed by atoms with Crippen LogP contribution in [-0.4, -0.2) is 40.1 Å². The van der Waals surface area contributed by atoms with Gasteiger partial charge in [0.2, 0.25) is 17.6 Å². The summed E-state index contributed by atoms with van der Waals surface area (Å²) in [5.41, 5.74) is 0.440. The Morgan fingerprint density at radius 2 is 1.76 bits per heavy atom. The van der Waals surface area contributed by atoms with Crippen LogP contribution in [0.2, 0.25) is 0 Å². The number of rotatable bonds is 10. The number of hydrogen-bond acceptors (Lipinski definition) is 5. The van der Waals surface area contributed by atoms with E-state index in [2.05, 4.69) is 20.9 Å². The van der Waals surface area contributed by atoms with Crippen molar-refractivity contribution in [3.8, 4) is 0 Å². The molecule has 5 rings (SSSR count). The van der Waals surface area contributed by atoms with Crippen molar-refractivity contribution in [3.63, 3.8) is 0 Å². The van der Waals surface area contributed by atoms with E-state index in [1.807, 2.05) is 30.3 Å². The number of aromatic nitrogens is 1. The molecule has 3 amide bonds. The average molecular weight is 503 g/mol. The number of pyridine rings is 1. The van der Waals surface area contributed by atoms with Crippen LogP contribution >= 0.6 is 0 Å². The van der Waals surface area contributed by atoms with Crippen LogP contribution in [0.4, 0.5) is 0 Å². The van der Waals surface area contributed by atoms with Crippen LogP contribution in [0.25, 0.3) is 0 Å². The molecule has 2 aromatic rings. The molecule has 3 unspecified atom stereocenters. The molecule has 0 aliphatic heterocycles. The first-order valence-corrected chi connectivity index (χ1v) is 13.3. The third-order valence-corrected chi connectivity index (χ3v) is 8.36. The number of benzene rings is 1. The van der Waals surface area contributed by atoms with E-state index in [9.17, 15) is 19.2 Å². The lowest BCUT2D eigenvalue weighted by Crippen LogP contribution is -2.66. The van der Waals surface area contributed by atoms with Gasteiger partial charge in [-0.1, -0.05) is 42.8 Å². The summed E-state index contributed by atoms with van der Waals surface area (Å²) in [6.07, 6.45) is 7.98. The van der Waals surface area contributed by atoms with E-state index in [-0.39, 0.29) is 30.7 Å². The molecule has 0 spiro atoms. The molecule has 3 saturated carbocycles. The Labute approximate surface area is 217 Å². The van der Waals surface area contributed by atoms with Gasteiger partial charge in [0, 0.05) is 18.5 Å². The van der Waals surface area contributed by atoms with E-state index in [4.69, 9.17) is 0 Å². The van der Waals surface area contributed by atoms with Crippen molar-refractivity contribution in [1.82, 2.24) is 20.9 Å². The first-order valence-electron chi connectivity index (χ1n) is 13.3. The summed E-state index contributed by atoms with van der Waals surface area (Å²) in [4.78, 5) is 56.9. The molecule has 3 fully saturated rings. The van der Waals surface area contributed by atoms with Gasteiger partial charge in [-0.3, -0.25) is 24.2 Å². The highest BCUT2D eigenvalue weighted by Gasteiger charge is 2.50. The summed E-state index contributed by atoms with van der Waals surface area (Å²) in [7, 11) is 0. The van der Waals surface area contributed by atoms with Crippen molar-refractivity contribution in [2.24, 2.45) is 17.8 Å². The summed E-state index contributed by atoms with van der Waals surface area (Å²) < 4.78 is 0. The van der Waals surface area contributed by atoms with E-state index < -0.39 is 23.3 Å². The maximum Gasteiger partial charge on any atom is 0.289 e. The van der Waals surface area contributed by atoms with Crippen LogP contribution in [0.5, 0.6) is 0 Å². The third kappa shape index (κ3) is 5.58. The summed E-state index contributed by atoms with van der Waals surface area (Å²) in [5, 5.41) is 8.52. The van der Waals surface area contributed by atoms with Crippen molar-refractivity contribution in [2.75, 3.05) is 0 Å². The second-order valence-electron chi connectivity index (χ2n) is 10.8. The summed E-state index contributed by atoms with van der Waals surface area (Å²) >= 11 is 0. The minimum Gasteiger partial charge on any atom is -0.344 e. The Kier molecular flexibility index (Phi) is 7.35. The van der Waals surface area contributed by atoms with Gasteiger partial charge in [0.05, 0.1) is 12.2 Å².